The molecule has 1 rings (SSSR count). The highest BCUT2D eigenvalue weighted by Gasteiger charge is 2.14. The zero-order valence-corrected chi connectivity index (χ0v) is 11.7. The number of aromatic nitrogens is 2. The van der Waals surface area contributed by atoms with Gasteiger partial charge in [0.25, 0.3) is 5.91 Å². The maximum absolute atomic E-state index is 11.9. The molecule has 1 amide bonds. The van der Waals surface area contributed by atoms with Gasteiger partial charge in [0.05, 0.1) is 11.2 Å². The van der Waals surface area contributed by atoms with Crippen LogP contribution in [0.15, 0.2) is 6.20 Å². The molecule has 0 aliphatic heterocycles. The molecule has 0 bridgehead atoms. The van der Waals surface area contributed by atoms with Crippen LogP contribution in [0.5, 0.6) is 0 Å². The standard InChI is InChI=1S/C12H19ClN4O/c1-4-14-5-6-15-12(18)10-9(13)7-16-11(17-10)8(2)3/h7-8,14H,4-6H2,1-3H3,(H,15,18). The molecule has 0 radical (unpaired) electrons. The Morgan fingerprint density at radius 3 is 2.78 bits per heavy atom. The molecule has 1 aromatic heterocycles. The predicted octanol–water partition coefficient (Wildman–Crippen LogP) is 1.59. The summed E-state index contributed by atoms with van der Waals surface area (Å²) in [6, 6.07) is 0. The average Bonchev–Trinajstić information content (AvgIpc) is 2.34. The smallest absolute Gasteiger partial charge is 0.271 e. The summed E-state index contributed by atoms with van der Waals surface area (Å²) in [7, 11) is 0. The first-order valence-corrected chi connectivity index (χ1v) is 6.45. The molecule has 0 atom stereocenters. The van der Waals surface area contributed by atoms with Crippen molar-refractivity contribution in [1.82, 2.24) is 20.6 Å². The van der Waals surface area contributed by atoms with E-state index in [0.717, 1.165) is 13.1 Å². The summed E-state index contributed by atoms with van der Waals surface area (Å²) in [6.07, 6.45) is 1.48. The second-order valence-corrected chi connectivity index (χ2v) is 4.60. The maximum Gasteiger partial charge on any atom is 0.271 e. The van der Waals surface area contributed by atoms with Crippen molar-refractivity contribution in [1.29, 1.82) is 0 Å². The topological polar surface area (TPSA) is 66.9 Å². The number of halogens is 1. The fourth-order valence-corrected chi connectivity index (χ4v) is 1.52. The zero-order chi connectivity index (χ0) is 13.5. The molecule has 0 aromatic carbocycles. The van der Waals surface area contributed by atoms with Gasteiger partial charge in [0.1, 0.15) is 11.5 Å². The Kier molecular flexibility index (Phi) is 6.01. The molecule has 2 N–H and O–H groups in total. The molecule has 0 aliphatic carbocycles. The van der Waals surface area contributed by atoms with Crippen molar-refractivity contribution in [3.05, 3.63) is 22.7 Å². The van der Waals surface area contributed by atoms with E-state index in [1.165, 1.54) is 6.20 Å². The van der Waals surface area contributed by atoms with Gasteiger partial charge in [-0.3, -0.25) is 4.79 Å². The average molecular weight is 271 g/mol. The van der Waals surface area contributed by atoms with Crippen molar-refractivity contribution in [3.8, 4) is 0 Å². The van der Waals surface area contributed by atoms with Gasteiger partial charge in [0.15, 0.2) is 0 Å². The third-order valence-corrected chi connectivity index (χ3v) is 2.61. The molecule has 0 fully saturated rings. The number of nitrogens with one attached hydrogen (secondary N) is 2. The van der Waals surface area contributed by atoms with Gasteiger partial charge < -0.3 is 10.6 Å². The quantitative estimate of drug-likeness (QED) is 0.771. The third kappa shape index (κ3) is 4.23. The number of rotatable bonds is 6. The van der Waals surface area contributed by atoms with Crippen LogP contribution in [0.2, 0.25) is 5.02 Å². The van der Waals surface area contributed by atoms with Crippen LogP contribution >= 0.6 is 11.6 Å². The fourth-order valence-electron chi connectivity index (χ4n) is 1.34. The Bertz CT molecular complexity index is 409. The molecular weight excluding hydrogens is 252 g/mol. The van der Waals surface area contributed by atoms with Crippen molar-refractivity contribution >= 4 is 17.5 Å². The molecule has 1 heterocycles. The number of hydrogen-bond acceptors (Lipinski definition) is 4. The molecule has 1 aromatic rings. The van der Waals surface area contributed by atoms with Crippen LogP contribution in [0, 0.1) is 0 Å². The highest BCUT2D eigenvalue weighted by Crippen LogP contribution is 2.15. The van der Waals surface area contributed by atoms with Gasteiger partial charge in [0, 0.05) is 19.0 Å². The summed E-state index contributed by atoms with van der Waals surface area (Å²) in [5, 5.41) is 6.16. The Morgan fingerprint density at radius 1 is 1.44 bits per heavy atom. The largest absolute Gasteiger partial charge is 0.349 e. The monoisotopic (exact) mass is 270 g/mol. The lowest BCUT2D eigenvalue weighted by atomic mass is 10.2. The predicted molar refractivity (Wildman–Crippen MR) is 72.0 cm³/mol. The number of nitrogens with zero attached hydrogens (tertiary/aromatic N) is 2. The van der Waals surface area contributed by atoms with E-state index in [-0.39, 0.29) is 22.5 Å². The first-order chi connectivity index (χ1) is 8.56. The van der Waals surface area contributed by atoms with Gasteiger partial charge in [0.2, 0.25) is 0 Å². The molecule has 6 heteroatoms. The molecule has 0 unspecified atom stereocenters. The number of carbonyl (C=O) groups is 1. The lowest BCUT2D eigenvalue weighted by molar-refractivity contribution is 0.0948. The van der Waals surface area contributed by atoms with Gasteiger partial charge >= 0.3 is 0 Å². The highest BCUT2D eigenvalue weighted by atomic mass is 35.5. The summed E-state index contributed by atoms with van der Waals surface area (Å²) in [4.78, 5) is 20.2. The number of amides is 1. The second-order valence-electron chi connectivity index (χ2n) is 4.19. The maximum atomic E-state index is 11.9. The minimum Gasteiger partial charge on any atom is -0.349 e. The van der Waals surface area contributed by atoms with E-state index in [1.807, 2.05) is 20.8 Å². The summed E-state index contributed by atoms with van der Waals surface area (Å²) in [5.41, 5.74) is 0.242. The van der Waals surface area contributed by atoms with E-state index in [0.29, 0.717) is 12.4 Å². The number of likely N-dealkylation sites (N-methyl/N-ethyl adjacent to an activating group) is 1. The fraction of sp³-hybridized carbons (Fsp3) is 0.583. The highest BCUT2D eigenvalue weighted by molar-refractivity contribution is 6.33. The van der Waals surface area contributed by atoms with Crippen LogP contribution in [0.1, 0.15) is 43.0 Å². The molecule has 5 nitrogen and oxygen atoms in total. The van der Waals surface area contributed by atoms with Crippen molar-refractivity contribution in [3.63, 3.8) is 0 Å². The minimum atomic E-state index is -0.262. The van der Waals surface area contributed by atoms with E-state index in [4.69, 9.17) is 11.6 Å². The molecule has 0 aliphatic rings. The van der Waals surface area contributed by atoms with Crippen molar-refractivity contribution in [2.75, 3.05) is 19.6 Å². The van der Waals surface area contributed by atoms with Gasteiger partial charge in [-0.2, -0.15) is 0 Å². The molecule has 0 saturated carbocycles. The third-order valence-electron chi connectivity index (χ3n) is 2.33. The first-order valence-electron chi connectivity index (χ1n) is 6.07. The first kappa shape index (κ1) is 14.9. The van der Waals surface area contributed by atoms with Crippen LogP contribution in [0.25, 0.3) is 0 Å². The van der Waals surface area contributed by atoms with Crippen LogP contribution < -0.4 is 10.6 Å². The molecular formula is C12H19ClN4O. The lowest BCUT2D eigenvalue weighted by Crippen LogP contribution is -2.32. The summed E-state index contributed by atoms with van der Waals surface area (Å²) in [5.74, 6) is 0.522. The lowest BCUT2D eigenvalue weighted by Gasteiger charge is -2.09. The van der Waals surface area contributed by atoms with Crippen LogP contribution in [0.3, 0.4) is 0 Å². The summed E-state index contributed by atoms with van der Waals surface area (Å²) < 4.78 is 0. The molecule has 0 saturated heterocycles. The van der Waals surface area contributed by atoms with Gasteiger partial charge in [-0.05, 0) is 6.54 Å². The van der Waals surface area contributed by atoms with Crippen molar-refractivity contribution in [2.45, 2.75) is 26.7 Å². The van der Waals surface area contributed by atoms with Crippen molar-refractivity contribution < 1.29 is 4.79 Å². The van der Waals surface area contributed by atoms with Gasteiger partial charge in [-0.25, -0.2) is 9.97 Å². The number of carbonyl (C=O) groups excluding carboxylic acids is 1. The Labute approximate surface area is 112 Å². The summed E-state index contributed by atoms with van der Waals surface area (Å²) in [6.45, 7) is 8.10. The second kappa shape index (κ2) is 7.28. The van der Waals surface area contributed by atoms with E-state index in [2.05, 4.69) is 20.6 Å². The minimum absolute atomic E-state index is 0.163. The molecule has 100 valence electrons. The van der Waals surface area contributed by atoms with Gasteiger partial charge in [-0.1, -0.05) is 32.4 Å². The summed E-state index contributed by atoms with van der Waals surface area (Å²) >= 11 is 5.93. The van der Waals surface area contributed by atoms with E-state index in [9.17, 15) is 4.79 Å². The zero-order valence-electron chi connectivity index (χ0n) is 11.0. The van der Waals surface area contributed by atoms with Crippen LogP contribution in [-0.4, -0.2) is 35.5 Å². The van der Waals surface area contributed by atoms with Gasteiger partial charge in [-0.15, -0.1) is 0 Å². The van der Waals surface area contributed by atoms with E-state index >= 15 is 0 Å². The normalized spacial score (nSPS) is 10.7. The van der Waals surface area contributed by atoms with Crippen molar-refractivity contribution in [2.24, 2.45) is 0 Å². The van der Waals surface area contributed by atoms with Crippen LogP contribution in [-0.2, 0) is 0 Å². The SMILES string of the molecule is CCNCCNC(=O)c1nc(C(C)C)ncc1Cl. The Morgan fingerprint density at radius 2 is 2.17 bits per heavy atom. The Balaban J connectivity index is 2.69. The Hall–Kier alpha value is -1.20. The molecule has 0 spiro atoms. The van der Waals surface area contributed by atoms with Crippen LogP contribution in [0.4, 0.5) is 0 Å². The molecule has 18 heavy (non-hydrogen) atoms. The van der Waals surface area contributed by atoms with E-state index in [1.54, 1.807) is 0 Å². The van der Waals surface area contributed by atoms with E-state index < -0.39 is 0 Å². The number of hydrogen-bond donors (Lipinski definition) is 2.